The number of fused-ring (bicyclic) bond motifs is 5. The van der Waals surface area contributed by atoms with Gasteiger partial charge in [-0.3, -0.25) is 19.1 Å². The van der Waals surface area contributed by atoms with Crippen molar-refractivity contribution in [2.45, 2.75) is 20.8 Å². The molecule has 1 aromatic carbocycles. The molecule has 33 heavy (non-hydrogen) atoms. The van der Waals surface area contributed by atoms with E-state index >= 15 is 0 Å². The lowest BCUT2D eigenvalue weighted by molar-refractivity contribution is 0.422. The van der Waals surface area contributed by atoms with Crippen molar-refractivity contribution >= 4 is 49.9 Å². The van der Waals surface area contributed by atoms with E-state index in [1.807, 2.05) is 22.3 Å². The van der Waals surface area contributed by atoms with Crippen LogP contribution < -0.4 is 0 Å². The molecule has 6 aromatic rings. The van der Waals surface area contributed by atoms with E-state index in [9.17, 15) is 0 Å². The van der Waals surface area contributed by atoms with E-state index in [0.717, 1.165) is 49.0 Å². The normalized spacial score (nSPS) is 11.5. The smallest absolute Gasteiger partial charge is 0.138 e. The Labute approximate surface area is 193 Å². The van der Waals surface area contributed by atoms with Crippen molar-refractivity contribution in [1.29, 1.82) is 0 Å². The third-order valence-corrected chi connectivity index (χ3v) is 6.98. The molecular weight excluding hydrogens is 430 g/mol. The van der Waals surface area contributed by atoms with E-state index in [-0.39, 0.29) is 0 Å². The summed E-state index contributed by atoms with van der Waals surface area (Å²) in [5.74, 6) is 0. The van der Waals surface area contributed by atoms with Crippen molar-refractivity contribution in [3.8, 4) is 34.3 Å². The van der Waals surface area contributed by atoms with Crippen molar-refractivity contribution in [2.24, 2.45) is 0 Å². The first kappa shape index (κ1) is 19.5. The van der Waals surface area contributed by atoms with Crippen molar-refractivity contribution in [2.75, 3.05) is 0 Å². The van der Waals surface area contributed by atoms with E-state index in [2.05, 4.69) is 64.7 Å². The number of hydrogen-bond acceptors (Lipinski definition) is 5. The fourth-order valence-corrected chi connectivity index (χ4v) is 5.09. The molecule has 5 heterocycles. The van der Waals surface area contributed by atoms with Crippen LogP contribution in [0.5, 0.6) is 0 Å². The standard InChI is InChI=1S/C26H19N5OS/c1-5-30-25-18(8-10-28-24(25)20-9-11-32-29-20)23-19-12-17(22-13-27-14-33-22)6-7-21(19)31(26(23)30)16(4)15(2)3/h1,6-14H,2-4H3. The average Bonchev–Trinajstić information content (AvgIpc) is 3.62. The summed E-state index contributed by atoms with van der Waals surface area (Å²) in [7, 11) is 0. The Balaban J connectivity index is 1.86. The summed E-state index contributed by atoms with van der Waals surface area (Å²) in [6.45, 7) is 6.36. The summed E-state index contributed by atoms with van der Waals surface area (Å²) in [4.78, 5) is 10.00. The maximum atomic E-state index is 6.13. The number of aromatic nitrogens is 5. The minimum atomic E-state index is 0.650. The SMILES string of the molecule is C#Cn1c2c(-c3ccon3)nccc2c2c3cc(-c4cncs4)ccc3n(C(C)=C(C)C)c21. The largest absolute Gasteiger partial charge is 0.364 e. The van der Waals surface area contributed by atoms with Crippen LogP contribution in [-0.2, 0) is 0 Å². The number of pyridine rings is 1. The number of rotatable bonds is 3. The molecule has 0 N–H and O–H groups in total. The van der Waals surface area contributed by atoms with Crippen LogP contribution in [-0.4, -0.2) is 24.3 Å². The van der Waals surface area contributed by atoms with Crippen LogP contribution in [0.1, 0.15) is 20.8 Å². The second-order valence-electron chi connectivity index (χ2n) is 8.12. The Bertz CT molecular complexity index is 1740. The van der Waals surface area contributed by atoms with E-state index in [1.165, 1.54) is 5.57 Å². The van der Waals surface area contributed by atoms with Gasteiger partial charge in [-0.15, -0.1) is 11.3 Å². The molecule has 160 valence electrons. The van der Waals surface area contributed by atoms with Crippen LogP contribution in [0.25, 0.3) is 60.4 Å². The van der Waals surface area contributed by atoms with Gasteiger partial charge in [-0.05, 0) is 44.5 Å². The number of nitrogens with zero attached hydrogens (tertiary/aromatic N) is 5. The quantitative estimate of drug-likeness (QED) is 0.284. The Morgan fingerprint density at radius 2 is 2.00 bits per heavy atom. The number of benzene rings is 1. The summed E-state index contributed by atoms with van der Waals surface area (Å²) in [5, 5.41) is 7.38. The van der Waals surface area contributed by atoms with Gasteiger partial charge in [0, 0.05) is 46.4 Å². The fourth-order valence-electron chi connectivity index (χ4n) is 4.47. The van der Waals surface area contributed by atoms with Gasteiger partial charge in [-0.25, -0.2) is 0 Å². The molecule has 0 saturated heterocycles. The zero-order chi connectivity index (χ0) is 22.7. The molecule has 6 rings (SSSR count). The molecule has 0 radical (unpaired) electrons. The van der Waals surface area contributed by atoms with Crippen LogP contribution in [0.2, 0.25) is 0 Å². The molecule has 0 unspecified atom stereocenters. The van der Waals surface area contributed by atoms with Gasteiger partial charge in [-0.2, -0.15) is 0 Å². The van der Waals surface area contributed by atoms with E-state index in [1.54, 1.807) is 29.9 Å². The fraction of sp³-hybridized carbons (Fsp3) is 0.115. The van der Waals surface area contributed by atoms with Crippen molar-refractivity contribution in [3.05, 3.63) is 60.1 Å². The van der Waals surface area contributed by atoms with Crippen molar-refractivity contribution < 1.29 is 4.52 Å². The minimum absolute atomic E-state index is 0.650. The maximum Gasteiger partial charge on any atom is 0.138 e. The van der Waals surface area contributed by atoms with E-state index < -0.39 is 0 Å². The van der Waals surface area contributed by atoms with Crippen molar-refractivity contribution in [3.63, 3.8) is 0 Å². The maximum absolute atomic E-state index is 6.13. The number of hydrogen-bond donors (Lipinski definition) is 0. The van der Waals surface area contributed by atoms with Gasteiger partial charge < -0.3 is 4.52 Å². The Hall–Kier alpha value is -4.15. The van der Waals surface area contributed by atoms with Crippen molar-refractivity contribution in [1.82, 2.24) is 24.3 Å². The van der Waals surface area contributed by atoms with Crippen LogP contribution in [0.15, 0.2) is 64.6 Å². The Kier molecular flexibility index (Phi) is 4.25. The molecule has 0 atom stereocenters. The highest BCUT2D eigenvalue weighted by atomic mass is 32.1. The highest BCUT2D eigenvalue weighted by Crippen LogP contribution is 2.42. The predicted molar refractivity (Wildman–Crippen MR) is 134 cm³/mol. The molecule has 0 aliphatic carbocycles. The Morgan fingerprint density at radius 1 is 1.12 bits per heavy atom. The molecule has 0 bridgehead atoms. The Morgan fingerprint density at radius 3 is 2.70 bits per heavy atom. The van der Waals surface area contributed by atoms with E-state index in [4.69, 9.17) is 10.9 Å². The van der Waals surface area contributed by atoms with Crippen LogP contribution in [0, 0.1) is 12.5 Å². The van der Waals surface area contributed by atoms with Crippen LogP contribution in [0.3, 0.4) is 0 Å². The van der Waals surface area contributed by atoms with Gasteiger partial charge in [-0.1, -0.05) is 23.2 Å². The molecule has 0 amide bonds. The minimum Gasteiger partial charge on any atom is -0.364 e. The third kappa shape index (κ3) is 2.71. The highest BCUT2D eigenvalue weighted by molar-refractivity contribution is 7.13. The molecular formula is C26H19N5OS. The summed E-state index contributed by atoms with van der Waals surface area (Å²) in [6.07, 6.45) is 11.4. The molecule has 0 spiro atoms. The zero-order valence-electron chi connectivity index (χ0n) is 18.3. The second-order valence-corrected chi connectivity index (χ2v) is 9.01. The van der Waals surface area contributed by atoms with Gasteiger partial charge >= 0.3 is 0 Å². The average molecular weight is 450 g/mol. The number of terminal acetylenes is 1. The van der Waals surface area contributed by atoms with Gasteiger partial charge in [0.1, 0.15) is 23.3 Å². The van der Waals surface area contributed by atoms with Gasteiger partial charge in [0.25, 0.3) is 0 Å². The van der Waals surface area contributed by atoms with Gasteiger partial charge in [0.15, 0.2) is 0 Å². The van der Waals surface area contributed by atoms with E-state index in [0.29, 0.717) is 11.4 Å². The number of thiazole rings is 1. The predicted octanol–water partition coefficient (Wildman–Crippen LogP) is 6.63. The summed E-state index contributed by atoms with van der Waals surface area (Å²) in [6, 6.07) is 13.3. The van der Waals surface area contributed by atoms with Crippen LogP contribution in [0.4, 0.5) is 0 Å². The molecule has 0 aliphatic heterocycles. The lowest BCUT2D eigenvalue weighted by atomic mass is 10.1. The topological polar surface area (TPSA) is 61.7 Å². The summed E-state index contributed by atoms with van der Waals surface area (Å²) < 4.78 is 9.24. The molecule has 5 aromatic heterocycles. The monoisotopic (exact) mass is 449 g/mol. The third-order valence-electron chi connectivity index (χ3n) is 6.16. The molecule has 0 fully saturated rings. The lowest BCUT2D eigenvalue weighted by Gasteiger charge is -2.12. The highest BCUT2D eigenvalue weighted by Gasteiger charge is 2.24. The van der Waals surface area contributed by atoms with Gasteiger partial charge in [0.2, 0.25) is 0 Å². The lowest BCUT2D eigenvalue weighted by Crippen LogP contribution is -2.01. The van der Waals surface area contributed by atoms with Crippen LogP contribution >= 0.6 is 11.3 Å². The summed E-state index contributed by atoms with van der Waals surface area (Å²) >= 11 is 1.63. The first-order valence-corrected chi connectivity index (χ1v) is 11.4. The first-order chi connectivity index (χ1) is 16.1. The molecule has 0 saturated carbocycles. The zero-order valence-corrected chi connectivity index (χ0v) is 19.1. The first-order valence-electron chi connectivity index (χ1n) is 10.5. The molecule has 0 aliphatic rings. The second kappa shape index (κ2) is 7.19. The molecule has 6 nitrogen and oxygen atoms in total. The number of allylic oxidation sites excluding steroid dienone is 2. The molecule has 7 heteroatoms. The summed E-state index contributed by atoms with van der Waals surface area (Å²) in [5.41, 5.74) is 9.58. The van der Waals surface area contributed by atoms with Gasteiger partial charge in [0.05, 0.1) is 21.4 Å².